The van der Waals surface area contributed by atoms with Crippen molar-refractivity contribution in [1.29, 1.82) is 0 Å². The molecule has 4 rings (SSSR count). The van der Waals surface area contributed by atoms with Gasteiger partial charge in [0.25, 0.3) is 5.91 Å². The number of hydrogen-bond donors (Lipinski definition) is 1. The Morgan fingerprint density at radius 1 is 1.03 bits per heavy atom. The van der Waals surface area contributed by atoms with Crippen molar-refractivity contribution >= 4 is 5.91 Å². The Bertz CT molecular complexity index is 980. The molecule has 2 aromatic rings. The van der Waals surface area contributed by atoms with E-state index in [2.05, 4.69) is 0 Å². The van der Waals surface area contributed by atoms with E-state index in [1.54, 1.807) is 23.1 Å². The zero-order valence-electron chi connectivity index (χ0n) is 18.1. The summed E-state index contributed by atoms with van der Waals surface area (Å²) in [6.07, 6.45) is -1.19. The summed E-state index contributed by atoms with van der Waals surface area (Å²) in [6, 6.07) is 12.3. The van der Waals surface area contributed by atoms with Crippen LogP contribution >= 0.6 is 0 Å². The van der Waals surface area contributed by atoms with Crippen LogP contribution in [0.15, 0.2) is 60.4 Å². The highest BCUT2D eigenvalue weighted by Gasteiger charge is 2.33. The molecule has 0 bridgehead atoms. The van der Waals surface area contributed by atoms with Crippen molar-refractivity contribution in [3.05, 3.63) is 82.6 Å². The van der Waals surface area contributed by atoms with E-state index in [1.807, 2.05) is 12.1 Å². The molecule has 0 aliphatic carbocycles. The molecule has 0 unspecified atom stereocenters. The first-order valence-electron chi connectivity index (χ1n) is 11.0. The summed E-state index contributed by atoms with van der Waals surface area (Å²) in [5, 5.41) is 9.18. The van der Waals surface area contributed by atoms with Crippen LogP contribution in [0.2, 0.25) is 0 Å². The van der Waals surface area contributed by atoms with Gasteiger partial charge in [0.15, 0.2) is 5.76 Å². The molecule has 1 saturated heterocycles. The van der Waals surface area contributed by atoms with E-state index in [9.17, 15) is 23.1 Å². The van der Waals surface area contributed by atoms with E-state index in [-0.39, 0.29) is 30.8 Å². The Balaban J connectivity index is 1.52. The maximum absolute atomic E-state index is 13.0. The van der Waals surface area contributed by atoms with Gasteiger partial charge in [0.2, 0.25) is 6.29 Å². The molecule has 5 nitrogen and oxygen atoms in total. The molecular weight excluding hydrogens is 435 g/mol. The number of carbonyl (C=O) groups is 1. The lowest BCUT2D eigenvalue weighted by Crippen LogP contribution is -2.34. The maximum Gasteiger partial charge on any atom is 0.416 e. The minimum atomic E-state index is -4.40. The van der Waals surface area contributed by atoms with Crippen LogP contribution in [0.5, 0.6) is 0 Å². The van der Waals surface area contributed by atoms with Crippen molar-refractivity contribution in [2.24, 2.45) is 0 Å². The molecule has 2 aromatic carbocycles. The van der Waals surface area contributed by atoms with Crippen LogP contribution < -0.4 is 0 Å². The van der Waals surface area contributed by atoms with Crippen LogP contribution in [-0.4, -0.2) is 35.3 Å². The fourth-order valence-electron chi connectivity index (χ4n) is 4.07. The number of alkyl halides is 3. The normalized spacial score (nSPS) is 21.0. The number of ether oxygens (including phenoxy) is 2. The third-order valence-electron chi connectivity index (χ3n) is 5.97. The average molecular weight is 461 g/mol. The predicted molar refractivity (Wildman–Crippen MR) is 115 cm³/mol. The van der Waals surface area contributed by atoms with Gasteiger partial charge in [0.1, 0.15) is 0 Å². The molecule has 1 amide bonds. The molecule has 33 heavy (non-hydrogen) atoms. The average Bonchev–Trinajstić information content (AvgIpc) is 3.37. The van der Waals surface area contributed by atoms with Gasteiger partial charge in [-0.1, -0.05) is 36.4 Å². The smallest absolute Gasteiger partial charge is 0.416 e. The molecular formula is C25H26F3NO4. The molecule has 1 N–H and O–H groups in total. The first-order valence-corrected chi connectivity index (χ1v) is 11.0. The molecule has 0 aromatic heterocycles. The van der Waals surface area contributed by atoms with Crippen molar-refractivity contribution in [3.8, 4) is 0 Å². The van der Waals surface area contributed by atoms with Crippen LogP contribution in [0.3, 0.4) is 0 Å². The highest BCUT2D eigenvalue weighted by atomic mass is 19.4. The second kappa shape index (κ2) is 9.97. The predicted octanol–water partition coefficient (Wildman–Crippen LogP) is 4.75. The third kappa shape index (κ3) is 5.75. The fraction of sp³-hybridized carbons (Fsp3) is 0.400. The zero-order chi connectivity index (χ0) is 23.4. The number of nitrogens with zero attached hydrogens (tertiary/aromatic N) is 1. The summed E-state index contributed by atoms with van der Waals surface area (Å²) < 4.78 is 50.7. The summed E-state index contributed by atoms with van der Waals surface area (Å²) >= 11 is 0. The molecule has 1 fully saturated rings. The molecule has 0 spiro atoms. The minimum absolute atomic E-state index is 0.0472. The van der Waals surface area contributed by atoms with Crippen molar-refractivity contribution in [2.75, 3.05) is 13.1 Å². The van der Waals surface area contributed by atoms with Crippen LogP contribution in [-0.2, 0) is 33.7 Å². The van der Waals surface area contributed by atoms with Crippen LogP contribution in [0.25, 0.3) is 0 Å². The molecule has 0 saturated carbocycles. The molecule has 2 heterocycles. The number of benzene rings is 2. The topological polar surface area (TPSA) is 59.0 Å². The molecule has 176 valence electrons. The van der Waals surface area contributed by atoms with Crippen molar-refractivity contribution in [1.82, 2.24) is 4.90 Å². The summed E-state index contributed by atoms with van der Waals surface area (Å²) in [5.74, 6) is -0.358. The van der Waals surface area contributed by atoms with Crippen molar-refractivity contribution in [2.45, 2.75) is 50.9 Å². The van der Waals surface area contributed by atoms with E-state index < -0.39 is 18.0 Å². The van der Waals surface area contributed by atoms with E-state index in [4.69, 9.17) is 9.47 Å². The van der Waals surface area contributed by atoms with Crippen molar-refractivity contribution < 1.29 is 32.5 Å². The number of carbonyl (C=O) groups excluding carboxylic acids is 1. The van der Waals surface area contributed by atoms with Crippen LogP contribution in [0.1, 0.15) is 47.4 Å². The number of aliphatic hydroxyl groups excluding tert-OH is 1. The van der Waals surface area contributed by atoms with Gasteiger partial charge in [-0.2, -0.15) is 13.2 Å². The van der Waals surface area contributed by atoms with E-state index in [1.165, 1.54) is 12.1 Å². The quantitative estimate of drug-likeness (QED) is 0.675. The molecule has 2 aliphatic rings. The van der Waals surface area contributed by atoms with E-state index in [0.29, 0.717) is 25.1 Å². The van der Waals surface area contributed by atoms with Gasteiger partial charge in [0.05, 0.1) is 18.8 Å². The van der Waals surface area contributed by atoms with Gasteiger partial charge in [-0.05, 0) is 47.7 Å². The maximum atomic E-state index is 13.0. The Hall–Kier alpha value is -2.84. The fourth-order valence-corrected chi connectivity index (χ4v) is 4.07. The van der Waals surface area contributed by atoms with Gasteiger partial charge in [-0.3, -0.25) is 4.79 Å². The number of aliphatic hydroxyl groups is 1. The zero-order valence-corrected chi connectivity index (χ0v) is 18.1. The Kier molecular flexibility index (Phi) is 7.05. The Morgan fingerprint density at radius 2 is 1.67 bits per heavy atom. The standard InChI is InChI=1S/C25H26F3NO4/c26-25(27,28)21-9-7-19(8-10-21)20-13-22(24(31)29-11-1-2-12-29)33-23(14-20)32-16-18-5-3-17(15-30)4-6-18/h3-10,13,20,23,30H,1-2,11-12,14-16H2/t20-,23+/m1/s1. The molecule has 0 radical (unpaired) electrons. The molecule has 2 atom stereocenters. The summed E-state index contributed by atoms with van der Waals surface area (Å²) in [7, 11) is 0. The lowest BCUT2D eigenvalue weighted by Gasteiger charge is -2.31. The SMILES string of the molecule is O=C(C1=C[C@@H](c2ccc(C(F)(F)F)cc2)C[C@@H](OCc2ccc(CO)cc2)O1)N1CCCC1. The highest BCUT2D eigenvalue weighted by Crippen LogP contribution is 2.35. The van der Waals surface area contributed by atoms with Gasteiger partial charge in [-0.25, -0.2) is 0 Å². The van der Waals surface area contributed by atoms with Gasteiger partial charge in [0, 0.05) is 25.4 Å². The van der Waals surface area contributed by atoms with Crippen molar-refractivity contribution in [3.63, 3.8) is 0 Å². The van der Waals surface area contributed by atoms with E-state index >= 15 is 0 Å². The summed E-state index contributed by atoms with van der Waals surface area (Å²) in [5.41, 5.74) is 1.62. The largest absolute Gasteiger partial charge is 0.459 e. The molecule has 8 heteroatoms. The number of hydrogen-bond acceptors (Lipinski definition) is 4. The molecule has 2 aliphatic heterocycles. The first kappa shape index (κ1) is 23.3. The Labute approximate surface area is 190 Å². The lowest BCUT2D eigenvalue weighted by molar-refractivity contribution is -0.155. The van der Waals surface area contributed by atoms with Crippen LogP contribution in [0, 0.1) is 0 Å². The second-order valence-electron chi connectivity index (χ2n) is 8.33. The summed E-state index contributed by atoms with van der Waals surface area (Å²) in [6.45, 7) is 1.51. The van der Waals surface area contributed by atoms with Gasteiger partial charge in [-0.15, -0.1) is 0 Å². The van der Waals surface area contributed by atoms with Crippen LogP contribution in [0.4, 0.5) is 13.2 Å². The number of rotatable bonds is 6. The number of allylic oxidation sites excluding steroid dienone is 1. The third-order valence-corrected chi connectivity index (χ3v) is 5.97. The Morgan fingerprint density at radius 3 is 2.27 bits per heavy atom. The highest BCUT2D eigenvalue weighted by molar-refractivity contribution is 5.92. The minimum Gasteiger partial charge on any atom is -0.459 e. The number of amides is 1. The number of likely N-dealkylation sites (tertiary alicyclic amines) is 1. The van der Waals surface area contributed by atoms with Gasteiger partial charge < -0.3 is 19.5 Å². The van der Waals surface area contributed by atoms with E-state index in [0.717, 1.165) is 36.1 Å². The second-order valence-corrected chi connectivity index (χ2v) is 8.33. The lowest BCUT2D eigenvalue weighted by atomic mass is 9.92. The summed E-state index contributed by atoms with van der Waals surface area (Å²) in [4.78, 5) is 14.7. The van der Waals surface area contributed by atoms with Gasteiger partial charge >= 0.3 is 6.18 Å². The number of halogens is 3. The first-order chi connectivity index (χ1) is 15.8. The monoisotopic (exact) mass is 461 g/mol.